The number of aromatic nitrogens is 3. The number of methoxy groups -OCH3 is 2. The number of fused-ring (bicyclic) bond motifs is 1. The second kappa shape index (κ2) is 7.72. The Morgan fingerprint density at radius 3 is 2.39 bits per heavy atom. The summed E-state index contributed by atoms with van der Waals surface area (Å²) in [6.45, 7) is 0.952. The van der Waals surface area contributed by atoms with Crippen molar-refractivity contribution in [2.45, 2.75) is 25.8 Å². The molecule has 1 aromatic heterocycles. The van der Waals surface area contributed by atoms with E-state index >= 15 is 0 Å². The number of nitrogens with zero attached hydrogens (tertiary/aromatic N) is 3. The van der Waals surface area contributed by atoms with Gasteiger partial charge in [-0.2, -0.15) is 0 Å². The Morgan fingerprint density at radius 2 is 1.71 bits per heavy atom. The van der Waals surface area contributed by atoms with Crippen molar-refractivity contribution in [1.82, 2.24) is 14.8 Å². The zero-order chi connectivity index (χ0) is 19.5. The standard InChI is InChI=1S/C21H22N4O3/c1-27-17-11-15(12-18(13-17)28-2)21(26)22-16-8-6-14(7-9-16)20-24-23-19-5-3-4-10-25(19)20/h6-9,11-13H,3-5,10H2,1-2H3,(H,22,26). The fraction of sp³-hybridized carbons (Fsp3) is 0.286. The molecule has 0 saturated heterocycles. The molecule has 28 heavy (non-hydrogen) atoms. The number of carbonyl (C=O) groups excluding carboxylic acids is 1. The summed E-state index contributed by atoms with van der Waals surface area (Å²) in [5.41, 5.74) is 2.16. The molecule has 1 N–H and O–H groups in total. The summed E-state index contributed by atoms with van der Waals surface area (Å²) in [6, 6.07) is 12.7. The van der Waals surface area contributed by atoms with E-state index < -0.39 is 0 Å². The van der Waals surface area contributed by atoms with Gasteiger partial charge in [-0.15, -0.1) is 10.2 Å². The average molecular weight is 378 g/mol. The van der Waals surface area contributed by atoms with Gasteiger partial charge in [0, 0.05) is 35.8 Å². The zero-order valence-electron chi connectivity index (χ0n) is 15.9. The van der Waals surface area contributed by atoms with Crippen LogP contribution in [0.2, 0.25) is 0 Å². The first-order valence-corrected chi connectivity index (χ1v) is 9.25. The molecule has 3 aromatic rings. The average Bonchev–Trinajstić information content (AvgIpc) is 3.18. The van der Waals surface area contributed by atoms with Crippen LogP contribution in [0, 0.1) is 0 Å². The maximum atomic E-state index is 12.6. The highest BCUT2D eigenvalue weighted by atomic mass is 16.5. The topological polar surface area (TPSA) is 78.3 Å². The van der Waals surface area contributed by atoms with Gasteiger partial charge in [0.25, 0.3) is 5.91 Å². The third kappa shape index (κ3) is 3.55. The lowest BCUT2D eigenvalue weighted by atomic mass is 10.1. The Hall–Kier alpha value is -3.35. The van der Waals surface area contributed by atoms with E-state index in [0.717, 1.165) is 43.0 Å². The number of hydrogen-bond acceptors (Lipinski definition) is 5. The lowest BCUT2D eigenvalue weighted by molar-refractivity contribution is 0.102. The van der Waals surface area contributed by atoms with E-state index in [-0.39, 0.29) is 5.91 Å². The van der Waals surface area contributed by atoms with Crippen LogP contribution >= 0.6 is 0 Å². The molecule has 1 amide bonds. The largest absolute Gasteiger partial charge is 0.497 e. The number of amides is 1. The number of anilines is 1. The molecule has 0 aliphatic carbocycles. The van der Waals surface area contributed by atoms with Crippen LogP contribution in [0.25, 0.3) is 11.4 Å². The molecule has 4 rings (SSSR count). The maximum Gasteiger partial charge on any atom is 0.255 e. The van der Waals surface area contributed by atoms with Gasteiger partial charge in [-0.25, -0.2) is 0 Å². The summed E-state index contributed by atoms with van der Waals surface area (Å²) in [7, 11) is 3.11. The molecular formula is C21H22N4O3. The number of rotatable bonds is 5. The summed E-state index contributed by atoms with van der Waals surface area (Å²) in [5, 5.41) is 11.5. The SMILES string of the molecule is COc1cc(OC)cc(C(=O)Nc2ccc(-c3nnc4n3CCCC4)cc2)c1. The van der Waals surface area contributed by atoms with E-state index in [1.54, 1.807) is 32.4 Å². The maximum absolute atomic E-state index is 12.6. The predicted octanol–water partition coefficient (Wildman–Crippen LogP) is 3.55. The minimum atomic E-state index is -0.232. The smallest absolute Gasteiger partial charge is 0.255 e. The Balaban J connectivity index is 1.52. The van der Waals surface area contributed by atoms with Gasteiger partial charge >= 0.3 is 0 Å². The van der Waals surface area contributed by atoms with Crippen molar-refractivity contribution in [1.29, 1.82) is 0 Å². The Morgan fingerprint density at radius 1 is 1.00 bits per heavy atom. The number of benzene rings is 2. The summed E-state index contributed by atoms with van der Waals surface area (Å²) in [4.78, 5) is 12.6. The predicted molar refractivity (Wildman–Crippen MR) is 106 cm³/mol. The van der Waals surface area contributed by atoms with E-state index in [1.807, 2.05) is 24.3 Å². The fourth-order valence-electron chi connectivity index (χ4n) is 3.37. The summed E-state index contributed by atoms with van der Waals surface area (Å²) < 4.78 is 12.6. The van der Waals surface area contributed by atoms with Crippen LogP contribution in [0.15, 0.2) is 42.5 Å². The van der Waals surface area contributed by atoms with E-state index in [1.165, 1.54) is 0 Å². The second-order valence-electron chi connectivity index (χ2n) is 6.68. The van der Waals surface area contributed by atoms with Crippen LogP contribution in [0.3, 0.4) is 0 Å². The normalized spacial score (nSPS) is 12.9. The van der Waals surface area contributed by atoms with Crippen molar-refractivity contribution in [2.75, 3.05) is 19.5 Å². The second-order valence-corrected chi connectivity index (χ2v) is 6.68. The summed E-state index contributed by atoms with van der Waals surface area (Å²) in [6.07, 6.45) is 3.29. The molecule has 2 heterocycles. The van der Waals surface area contributed by atoms with Crippen LogP contribution in [0.4, 0.5) is 5.69 Å². The molecule has 7 nitrogen and oxygen atoms in total. The molecule has 0 atom stereocenters. The molecule has 0 saturated carbocycles. The fourth-order valence-corrected chi connectivity index (χ4v) is 3.37. The van der Waals surface area contributed by atoms with Gasteiger partial charge in [0.2, 0.25) is 0 Å². The molecule has 144 valence electrons. The molecule has 0 unspecified atom stereocenters. The van der Waals surface area contributed by atoms with E-state index in [0.29, 0.717) is 22.7 Å². The lowest BCUT2D eigenvalue weighted by Gasteiger charge is -2.15. The Bertz CT molecular complexity index is 973. The molecule has 0 spiro atoms. The van der Waals surface area contributed by atoms with Crippen molar-refractivity contribution >= 4 is 11.6 Å². The van der Waals surface area contributed by atoms with Crippen molar-refractivity contribution < 1.29 is 14.3 Å². The van der Waals surface area contributed by atoms with Gasteiger partial charge in [-0.1, -0.05) is 0 Å². The van der Waals surface area contributed by atoms with Crippen molar-refractivity contribution in [3.8, 4) is 22.9 Å². The molecule has 0 radical (unpaired) electrons. The molecule has 0 fully saturated rings. The number of nitrogens with one attached hydrogen (secondary N) is 1. The number of aryl methyl sites for hydroxylation is 1. The monoisotopic (exact) mass is 378 g/mol. The Kier molecular flexibility index (Phi) is 4.97. The molecule has 7 heteroatoms. The molecule has 1 aliphatic heterocycles. The highest BCUT2D eigenvalue weighted by Gasteiger charge is 2.17. The van der Waals surface area contributed by atoms with Gasteiger partial charge < -0.3 is 19.4 Å². The van der Waals surface area contributed by atoms with Gasteiger partial charge in [-0.3, -0.25) is 4.79 Å². The summed E-state index contributed by atoms with van der Waals surface area (Å²) in [5.74, 6) is 2.83. The first-order valence-electron chi connectivity index (χ1n) is 9.25. The third-order valence-corrected chi connectivity index (χ3v) is 4.87. The quantitative estimate of drug-likeness (QED) is 0.735. The Labute approximate surface area is 163 Å². The minimum absolute atomic E-state index is 0.232. The van der Waals surface area contributed by atoms with E-state index in [9.17, 15) is 4.79 Å². The molecular weight excluding hydrogens is 356 g/mol. The van der Waals surface area contributed by atoms with Gasteiger partial charge in [-0.05, 0) is 49.2 Å². The van der Waals surface area contributed by atoms with Crippen molar-refractivity contribution in [3.63, 3.8) is 0 Å². The van der Waals surface area contributed by atoms with E-state index in [4.69, 9.17) is 9.47 Å². The van der Waals surface area contributed by atoms with Crippen molar-refractivity contribution in [3.05, 3.63) is 53.9 Å². The van der Waals surface area contributed by atoms with Gasteiger partial charge in [0.05, 0.1) is 14.2 Å². The zero-order valence-corrected chi connectivity index (χ0v) is 15.9. The number of ether oxygens (including phenoxy) is 2. The number of carbonyl (C=O) groups is 1. The van der Waals surface area contributed by atoms with Crippen LogP contribution in [-0.2, 0) is 13.0 Å². The first kappa shape index (κ1) is 18.0. The van der Waals surface area contributed by atoms with Crippen LogP contribution in [0.1, 0.15) is 29.0 Å². The minimum Gasteiger partial charge on any atom is -0.497 e. The van der Waals surface area contributed by atoms with Gasteiger partial charge in [0.15, 0.2) is 5.82 Å². The summed E-state index contributed by atoms with van der Waals surface area (Å²) >= 11 is 0. The van der Waals surface area contributed by atoms with E-state index in [2.05, 4.69) is 20.1 Å². The number of hydrogen-bond donors (Lipinski definition) is 1. The lowest BCUT2D eigenvalue weighted by Crippen LogP contribution is -2.12. The van der Waals surface area contributed by atoms with Crippen LogP contribution < -0.4 is 14.8 Å². The molecule has 2 aromatic carbocycles. The van der Waals surface area contributed by atoms with Crippen LogP contribution in [-0.4, -0.2) is 34.9 Å². The van der Waals surface area contributed by atoms with Crippen molar-refractivity contribution in [2.24, 2.45) is 0 Å². The highest BCUT2D eigenvalue weighted by Crippen LogP contribution is 2.26. The molecule has 0 bridgehead atoms. The third-order valence-electron chi connectivity index (χ3n) is 4.87. The first-order chi connectivity index (χ1) is 13.7. The highest BCUT2D eigenvalue weighted by molar-refractivity contribution is 6.04. The van der Waals surface area contributed by atoms with Gasteiger partial charge in [0.1, 0.15) is 17.3 Å². The van der Waals surface area contributed by atoms with Crippen LogP contribution in [0.5, 0.6) is 11.5 Å². The molecule has 1 aliphatic rings.